The van der Waals surface area contributed by atoms with Gasteiger partial charge in [0.05, 0.1) is 64.5 Å². The molecule has 440 valence electrons. The van der Waals surface area contributed by atoms with Crippen molar-refractivity contribution < 1.29 is 52.1 Å². The first kappa shape index (κ1) is 59.5. The number of aliphatic hydroxyl groups is 1. The lowest BCUT2D eigenvalue weighted by Gasteiger charge is -2.41. The van der Waals surface area contributed by atoms with Crippen LogP contribution in [0.2, 0.25) is 5.02 Å². The molecule has 0 saturated carbocycles. The molecular weight excluding hydrogens is 1120 g/mol. The number of phenols is 1. The number of Topliss-reactive ketones (excluding diaryl/α,β-unsaturated/α-hetero) is 1. The maximum absolute atomic E-state index is 17.2. The maximum atomic E-state index is 17.2. The molecule has 6 heterocycles. The van der Waals surface area contributed by atoms with Gasteiger partial charge < -0.3 is 43.6 Å². The fourth-order valence-corrected chi connectivity index (χ4v) is 12.9. The molecule has 0 radical (unpaired) electrons. The first-order chi connectivity index (χ1) is 40.5. The van der Waals surface area contributed by atoms with Crippen LogP contribution >= 0.6 is 22.9 Å². The van der Waals surface area contributed by atoms with Crippen LogP contribution in [0.25, 0.3) is 43.2 Å². The number of fused-ring (bicyclic) bond motifs is 2. The van der Waals surface area contributed by atoms with E-state index in [0.29, 0.717) is 41.7 Å². The first-order valence-electron chi connectivity index (χ1n) is 28.2. The van der Waals surface area contributed by atoms with E-state index in [-0.39, 0.29) is 140 Å². The summed E-state index contributed by atoms with van der Waals surface area (Å²) < 4.78 is 55.4. The molecule has 2 N–H and O–H groups in total. The number of nitriles is 1. The van der Waals surface area contributed by atoms with Crippen molar-refractivity contribution in [3.05, 3.63) is 119 Å². The quantitative estimate of drug-likeness (QED) is 0.0505. The predicted molar refractivity (Wildman–Crippen MR) is 314 cm³/mol. The minimum atomic E-state index is -1.14. The summed E-state index contributed by atoms with van der Waals surface area (Å²) in [6.45, 7) is 13.7. The summed E-state index contributed by atoms with van der Waals surface area (Å²) in [6, 6.07) is 22.0. The van der Waals surface area contributed by atoms with Gasteiger partial charge in [0.25, 0.3) is 11.8 Å². The van der Waals surface area contributed by atoms with Crippen molar-refractivity contribution in [3.8, 4) is 45.3 Å². The third-order valence-electron chi connectivity index (χ3n) is 16.1. The van der Waals surface area contributed by atoms with Crippen LogP contribution in [0.4, 0.5) is 14.6 Å². The maximum Gasteiger partial charge on any atom is 0.319 e. The van der Waals surface area contributed by atoms with Crippen LogP contribution in [0, 0.1) is 30.0 Å². The van der Waals surface area contributed by atoms with E-state index in [2.05, 4.69) is 32.7 Å². The molecule has 3 saturated heterocycles. The van der Waals surface area contributed by atoms with Crippen LogP contribution in [0.15, 0.2) is 95.2 Å². The molecule has 0 spiro atoms. The number of anilines is 1. The van der Waals surface area contributed by atoms with E-state index in [1.165, 1.54) is 15.9 Å². The van der Waals surface area contributed by atoms with Crippen LogP contribution in [0.3, 0.4) is 0 Å². The Morgan fingerprint density at radius 1 is 0.952 bits per heavy atom. The van der Waals surface area contributed by atoms with E-state index in [4.69, 9.17) is 35.3 Å². The Bertz CT molecular complexity index is 3610. The molecule has 84 heavy (non-hydrogen) atoms. The van der Waals surface area contributed by atoms with Gasteiger partial charge in [-0.15, -0.1) is 11.3 Å². The van der Waals surface area contributed by atoms with E-state index in [0.717, 1.165) is 34.5 Å². The molecule has 5 atom stereocenters. The number of aliphatic hydroxyl groups excluding tert-OH is 1. The number of likely N-dealkylation sites (tertiary alicyclic amines) is 2. The molecule has 3 aliphatic rings. The van der Waals surface area contributed by atoms with Crippen molar-refractivity contribution in [1.82, 2.24) is 34.8 Å². The highest BCUT2D eigenvalue weighted by Crippen LogP contribution is 2.43. The lowest BCUT2D eigenvalue weighted by Crippen LogP contribution is -2.55. The van der Waals surface area contributed by atoms with Gasteiger partial charge in [0.1, 0.15) is 36.2 Å². The van der Waals surface area contributed by atoms with Crippen molar-refractivity contribution in [2.75, 3.05) is 70.5 Å². The number of thiazole rings is 1. The zero-order valence-electron chi connectivity index (χ0n) is 47.2. The molecule has 3 aromatic heterocycles. The number of carbonyl (C=O) groups excluding carboxylic acids is 3. The number of nitrogens with zero attached hydrogens (tertiary/aromatic N) is 9. The number of phenolic OH excluding ortho intramolecular Hbond substituents is 1. The Morgan fingerprint density at radius 2 is 1.73 bits per heavy atom. The summed E-state index contributed by atoms with van der Waals surface area (Å²) in [5.41, 5.74) is 5.15. The van der Waals surface area contributed by atoms with Crippen molar-refractivity contribution in [2.45, 2.75) is 95.9 Å². The molecule has 18 nitrogen and oxygen atoms in total. The summed E-state index contributed by atoms with van der Waals surface area (Å²) in [4.78, 5) is 62.5. The summed E-state index contributed by atoms with van der Waals surface area (Å²) in [5, 5.41) is 36.9. The molecule has 0 aliphatic carbocycles. The van der Waals surface area contributed by atoms with Crippen LogP contribution in [0.1, 0.15) is 81.7 Å². The van der Waals surface area contributed by atoms with Crippen molar-refractivity contribution >= 4 is 68.0 Å². The number of benzene rings is 4. The second-order valence-electron chi connectivity index (χ2n) is 22.1. The van der Waals surface area contributed by atoms with Crippen LogP contribution < -0.4 is 14.4 Å². The number of piperidine rings is 1. The van der Waals surface area contributed by atoms with Gasteiger partial charge >= 0.3 is 6.01 Å². The number of piperazine rings is 1. The average Bonchev–Trinajstić information content (AvgIpc) is 1.37. The van der Waals surface area contributed by atoms with Crippen LogP contribution in [-0.2, 0) is 19.1 Å². The molecule has 0 unspecified atom stereocenters. The third kappa shape index (κ3) is 13.0. The monoisotopic (exact) mass is 1190 g/mol. The zero-order valence-corrected chi connectivity index (χ0v) is 48.8. The second kappa shape index (κ2) is 26.1. The first-order valence-corrected chi connectivity index (χ1v) is 29.5. The van der Waals surface area contributed by atoms with Gasteiger partial charge in [-0.2, -0.15) is 15.2 Å². The number of ether oxygens (including phenoxy) is 3. The number of hydrogen-bond acceptors (Lipinski definition) is 17. The highest BCUT2D eigenvalue weighted by molar-refractivity contribution is 7.13. The van der Waals surface area contributed by atoms with E-state index in [1.807, 2.05) is 63.5 Å². The Kier molecular flexibility index (Phi) is 18.5. The number of carbonyl (C=O) groups is 3. The highest BCUT2D eigenvalue weighted by atomic mass is 35.5. The lowest BCUT2D eigenvalue weighted by molar-refractivity contribution is -0.140. The minimum Gasteiger partial charge on any atom is -0.508 e. The van der Waals surface area contributed by atoms with Gasteiger partial charge in [-0.05, 0) is 82.4 Å². The summed E-state index contributed by atoms with van der Waals surface area (Å²) in [7, 11) is 0. The zero-order chi connectivity index (χ0) is 59.3. The minimum absolute atomic E-state index is 0.0196. The largest absolute Gasteiger partial charge is 0.508 e. The Labute approximate surface area is 494 Å². The number of amides is 2. The summed E-state index contributed by atoms with van der Waals surface area (Å²) >= 11 is 8.52. The van der Waals surface area contributed by atoms with E-state index in [9.17, 15) is 34.2 Å². The number of aromatic nitrogens is 4. The topological polar surface area (TPSA) is 221 Å². The molecule has 3 aliphatic heterocycles. The SMILES string of the molecule is C=C(F)C(=O)N1CCN(c2nc(OCCN3CCC(OCCOc4cc([C@@H](C(=O)N5C[C@H](O)C[C@H]5C(=O)C[C@@H](C)c5ccc(-c6scnc6C)cc5)C(C)C)on4)CC3)nc3c(F)c(-c4cc(O)cc5ccccc45)c(Cl)cc23)C[C@@H]1CC#N. The standard InChI is InChI=1S/C62H66ClF2N9O9S/c1-35(2)54(61(79)74-33-44(76)29-50(74)51(77)26-36(3)39-10-12-40(13-11-39)58-38(5)67-34-84-58)52-31-53(70-83-52)81-25-24-80-45-15-18-71(19-16-45)22-23-82-62-68-57-48(59(69-62)72-20-21-73(60(78)37(4)64)42(32-72)14-17-66)30-49(63)55(56(57)65)47-28-43(75)27-41-8-6-7-9-46(41)47/h6-13,27-28,30-31,34-36,42,44-45,50,54,75-76H,4,14-16,18-26,29,32-33H2,1-3,5H3/t36-,42+,44-,50+,54+/m1/s1. The van der Waals surface area contributed by atoms with Gasteiger partial charge in [-0.1, -0.05) is 87.5 Å². The van der Waals surface area contributed by atoms with Crippen molar-refractivity contribution in [2.24, 2.45) is 5.92 Å². The third-order valence-corrected chi connectivity index (χ3v) is 17.4. The van der Waals surface area contributed by atoms with E-state index < -0.39 is 41.7 Å². The number of halogens is 3. The predicted octanol–water partition coefficient (Wildman–Crippen LogP) is 10.2. The molecule has 7 aromatic rings. The van der Waals surface area contributed by atoms with Gasteiger partial charge in [0.15, 0.2) is 23.2 Å². The number of aryl methyl sites for hydroxylation is 1. The Hall–Kier alpha value is -7.61. The number of rotatable bonds is 21. The lowest BCUT2D eigenvalue weighted by atomic mass is 9.89. The van der Waals surface area contributed by atoms with Gasteiger partial charge in [-0.25, -0.2) is 13.8 Å². The average molecular weight is 1190 g/mol. The Morgan fingerprint density at radius 3 is 2.45 bits per heavy atom. The molecule has 4 aromatic carbocycles. The fourth-order valence-electron chi connectivity index (χ4n) is 11.8. The van der Waals surface area contributed by atoms with Gasteiger partial charge in [0.2, 0.25) is 5.91 Å². The number of hydrogen-bond donors (Lipinski definition) is 2. The number of aromatic hydroxyl groups is 1. The van der Waals surface area contributed by atoms with Crippen LogP contribution in [0.5, 0.6) is 17.6 Å². The van der Waals surface area contributed by atoms with Crippen LogP contribution in [-0.4, -0.2) is 153 Å². The smallest absolute Gasteiger partial charge is 0.319 e. The van der Waals surface area contributed by atoms with E-state index >= 15 is 4.39 Å². The normalized spacial score (nSPS) is 18.6. The second-order valence-corrected chi connectivity index (χ2v) is 23.4. The fraction of sp³-hybridized carbons (Fsp3) is 0.419. The summed E-state index contributed by atoms with van der Waals surface area (Å²) in [6.07, 6.45) is 0.840. The van der Waals surface area contributed by atoms with Gasteiger partial charge in [0, 0.05) is 75.7 Å². The molecule has 22 heteroatoms. The van der Waals surface area contributed by atoms with Crippen molar-refractivity contribution in [3.63, 3.8) is 0 Å². The molecule has 3 fully saturated rings. The molecular formula is C62H66ClF2N9O9S. The molecule has 10 rings (SSSR count). The Balaban J connectivity index is 0.730. The van der Waals surface area contributed by atoms with E-state index in [1.54, 1.807) is 52.6 Å². The van der Waals surface area contributed by atoms with Gasteiger partial charge in [-0.3, -0.25) is 19.3 Å². The summed E-state index contributed by atoms with van der Waals surface area (Å²) in [5.74, 6) is -3.67. The number of β-amino-alcohol motifs (C(OH)–C–C–N with tert-alkyl or cyclic N) is 1. The number of ketones is 1. The van der Waals surface area contributed by atoms with Crippen molar-refractivity contribution in [1.29, 1.82) is 5.26 Å². The molecule has 2 amide bonds. The highest BCUT2D eigenvalue weighted by Gasteiger charge is 2.43. The molecule has 0 bridgehead atoms.